The standard InChI is InChI=1S/C30H37N3O5S/c1-7-23-16-22(17-33(30(35)24-13-14-24)28(18(2)3)21(6)34)12-15-25(23)26-10-8-9-11-27(26)39(36,37)32-29-19(4)20(5)31-38-29/h8-12,15-16,18,24,28,32H,7,13-14,17H2,1-6H3. The average Bonchev–Trinajstić information content (AvgIpc) is 3.70. The molecule has 1 amide bonds. The van der Waals surface area contributed by atoms with Gasteiger partial charge in [0.25, 0.3) is 10.0 Å². The molecular weight excluding hydrogens is 514 g/mol. The van der Waals surface area contributed by atoms with Crippen molar-refractivity contribution in [1.82, 2.24) is 10.1 Å². The lowest BCUT2D eigenvalue weighted by Crippen LogP contribution is -2.47. The third-order valence-electron chi connectivity index (χ3n) is 7.35. The predicted octanol–water partition coefficient (Wildman–Crippen LogP) is 5.67. The minimum atomic E-state index is -3.97. The molecule has 0 saturated heterocycles. The van der Waals surface area contributed by atoms with Crippen molar-refractivity contribution in [2.45, 2.75) is 78.3 Å². The Kier molecular flexibility index (Phi) is 8.30. The highest BCUT2D eigenvalue weighted by atomic mass is 32.2. The molecule has 39 heavy (non-hydrogen) atoms. The summed E-state index contributed by atoms with van der Waals surface area (Å²) in [7, 11) is -3.97. The van der Waals surface area contributed by atoms with E-state index in [4.69, 9.17) is 4.52 Å². The Morgan fingerprint density at radius 1 is 1.10 bits per heavy atom. The van der Waals surface area contributed by atoms with Crippen molar-refractivity contribution >= 4 is 27.6 Å². The van der Waals surface area contributed by atoms with E-state index in [1.807, 2.05) is 45.0 Å². The molecule has 1 saturated carbocycles. The average molecular weight is 552 g/mol. The number of carbonyl (C=O) groups is 2. The number of carbonyl (C=O) groups excluding carboxylic acids is 2. The monoisotopic (exact) mass is 551 g/mol. The third kappa shape index (κ3) is 6.08. The number of nitrogens with one attached hydrogen (secondary N) is 1. The number of rotatable bonds is 11. The van der Waals surface area contributed by atoms with Crippen molar-refractivity contribution in [3.63, 3.8) is 0 Å². The Morgan fingerprint density at radius 2 is 1.79 bits per heavy atom. The van der Waals surface area contributed by atoms with Crippen LogP contribution in [0.4, 0.5) is 5.88 Å². The predicted molar refractivity (Wildman–Crippen MR) is 151 cm³/mol. The second-order valence-electron chi connectivity index (χ2n) is 10.7. The van der Waals surface area contributed by atoms with Crippen LogP contribution < -0.4 is 4.72 Å². The zero-order valence-electron chi connectivity index (χ0n) is 23.4. The van der Waals surface area contributed by atoms with Crippen LogP contribution in [0, 0.1) is 25.7 Å². The lowest BCUT2D eigenvalue weighted by atomic mass is 9.94. The van der Waals surface area contributed by atoms with Crippen LogP contribution in [0.15, 0.2) is 51.9 Å². The third-order valence-corrected chi connectivity index (χ3v) is 8.74. The van der Waals surface area contributed by atoms with Gasteiger partial charge in [-0.1, -0.05) is 62.3 Å². The van der Waals surface area contributed by atoms with E-state index in [2.05, 4.69) is 9.88 Å². The highest BCUT2D eigenvalue weighted by Crippen LogP contribution is 2.35. The molecule has 0 bridgehead atoms. The molecule has 2 aromatic carbocycles. The van der Waals surface area contributed by atoms with Gasteiger partial charge in [-0.2, -0.15) is 0 Å². The summed E-state index contributed by atoms with van der Waals surface area (Å²) in [6.45, 7) is 11.3. The normalized spacial score (nSPS) is 14.3. The van der Waals surface area contributed by atoms with E-state index in [1.165, 1.54) is 0 Å². The zero-order valence-corrected chi connectivity index (χ0v) is 24.3. The number of hydrogen-bond donors (Lipinski definition) is 1. The zero-order chi connectivity index (χ0) is 28.5. The van der Waals surface area contributed by atoms with Gasteiger partial charge in [-0.05, 0) is 68.7 Å². The summed E-state index contributed by atoms with van der Waals surface area (Å²) >= 11 is 0. The Labute approximate surface area is 230 Å². The molecule has 1 N–H and O–H groups in total. The number of amides is 1. The first-order valence-corrected chi connectivity index (χ1v) is 14.9. The molecular formula is C30H37N3O5S. The van der Waals surface area contributed by atoms with E-state index < -0.39 is 16.1 Å². The quantitative estimate of drug-likeness (QED) is 0.329. The van der Waals surface area contributed by atoms with E-state index in [1.54, 1.807) is 43.9 Å². The van der Waals surface area contributed by atoms with Crippen molar-refractivity contribution in [1.29, 1.82) is 0 Å². The highest BCUT2D eigenvalue weighted by Gasteiger charge is 2.38. The van der Waals surface area contributed by atoms with Crippen LogP contribution in [-0.4, -0.2) is 36.2 Å². The van der Waals surface area contributed by atoms with Gasteiger partial charge in [0, 0.05) is 23.6 Å². The number of aryl methyl sites for hydroxylation is 2. The number of aromatic nitrogens is 1. The topological polar surface area (TPSA) is 110 Å². The molecule has 0 aliphatic heterocycles. The van der Waals surface area contributed by atoms with Gasteiger partial charge in [-0.25, -0.2) is 13.1 Å². The first-order valence-electron chi connectivity index (χ1n) is 13.4. The molecule has 1 aliphatic rings. The molecule has 1 unspecified atom stereocenters. The van der Waals surface area contributed by atoms with Gasteiger partial charge >= 0.3 is 0 Å². The van der Waals surface area contributed by atoms with E-state index in [0.717, 1.165) is 29.5 Å². The maximum absolute atomic E-state index is 13.4. The van der Waals surface area contributed by atoms with Crippen LogP contribution in [0.1, 0.15) is 62.9 Å². The largest absolute Gasteiger partial charge is 0.337 e. The molecule has 1 fully saturated rings. The SMILES string of the molecule is CCc1cc(CN(C(=O)C2CC2)C(C(C)=O)C(C)C)ccc1-c1ccccc1S(=O)(=O)Nc1onc(C)c1C. The van der Waals surface area contributed by atoms with Gasteiger partial charge in [-0.3, -0.25) is 9.59 Å². The molecule has 3 aromatic rings. The fourth-order valence-corrected chi connectivity index (χ4v) is 6.30. The summed E-state index contributed by atoms with van der Waals surface area (Å²) in [4.78, 5) is 27.6. The van der Waals surface area contributed by atoms with Gasteiger partial charge in [0.1, 0.15) is 0 Å². The number of Topliss-reactive ketones (excluding diaryl/α,β-unsaturated/α-hetero) is 1. The molecule has 1 atom stereocenters. The first-order chi connectivity index (χ1) is 18.4. The van der Waals surface area contributed by atoms with E-state index in [0.29, 0.717) is 29.8 Å². The number of nitrogens with zero attached hydrogens (tertiary/aromatic N) is 2. The van der Waals surface area contributed by atoms with E-state index >= 15 is 0 Å². The lowest BCUT2D eigenvalue weighted by molar-refractivity contribution is -0.142. The Bertz CT molecular complexity index is 1490. The second kappa shape index (κ2) is 11.3. The Balaban J connectivity index is 1.70. The van der Waals surface area contributed by atoms with Crippen LogP contribution in [0.25, 0.3) is 11.1 Å². The van der Waals surface area contributed by atoms with E-state index in [9.17, 15) is 18.0 Å². The van der Waals surface area contributed by atoms with Crippen LogP contribution in [0.2, 0.25) is 0 Å². The van der Waals surface area contributed by atoms with Crippen LogP contribution in [0.3, 0.4) is 0 Å². The van der Waals surface area contributed by atoms with Crippen molar-refractivity contribution in [2.24, 2.45) is 11.8 Å². The van der Waals surface area contributed by atoms with Crippen molar-refractivity contribution in [3.8, 4) is 11.1 Å². The smallest absolute Gasteiger partial charge is 0.264 e. The molecule has 1 heterocycles. The summed E-state index contributed by atoms with van der Waals surface area (Å²) in [5.74, 6) is 0.106. The molecule has 1 aromatic heterocycles. The minimum absolute atomic E-state index is 0.00288. The van der Waals surface area contributed by atoms with Gasteiger partial charge in [0.15, 0.2) is 5.78 Å². The van der Waals surface area contributed by atoms with Crippen molar-refractivity contribution < 1.29 is 22.5 Å². The number of benzene rings is 2. The number of sulfonamides is 1. The fourth-order valence-electron chi connectivity index (χ4n) is 5.04. The summed E-state index contributed by atoms with van der Waals surface area (Å²) in [6.07, 6.45) is 2.38. The molecule has 0 radical (unpaired) electrons. The lowest BCUT2D eigenvalue weighted by Gasteiger charge is -2.33. The van der Waals surface area contributed by atoms with Gasteiger partial charge < -0.3 is 9.42 Å². The molecule has 208 valence electrons. The number of ketones is 1. The van der Waals surface area contributed by atoms with Crippen LogP contribution >= 0.6 is 0 Å². The maximum Gasteiger partial charge on any atom is 0.264 e. The molecule has 4 rings (SSSR count). The summed E-state index contributed by atoms with van der Waals surface area (Å²) in [6, 6.07) is 12.2. The van der Waals surface area contributed by atoms with Crippen LogP contribution in [0.5, 0.6) is 0 Å². The van der Waals surface area contributed by atoms with E-state index in [-0.39, 0.29) is 34.3 Å². The van der Waals surface area contributed by atoms with Gasteiger partial charge in [0.05, 0.1) is 16.6 Å². The molecule has 8 nitrogen and oxygen atoms in total. The Hall–Kier alpha value is -3.46. The fraction of sp³-hybridized carbons (Fsp3) is 0.433. The highest BCUT2D eigenvalue weighted by molar-refractivity contribution is 7.92. The summed E-state index contributed by atoms with van der Waals surface area (Å²) < 4.78 is 34.6. The molecule has 1 aliphatic carbocycles. The minimum Gasteiger partial charge on any atom is -0.337 e. The van der Waals surface area contributed by atoms with Crippen molar-refractivity contribution in [3.05, 3.63) is 64.8 Å². The number of hydrogen-bond acceptors (Lipinski definition) is 6. The number of anilines is 1. The van der Waals surface area contributed by atoms with Gasteiger partial charge in [0.2, 0.25) is 11.8 Å². The Morgan fingerprint density at radius 3 is 2.36 bits per heavy atom. The molecule has 0 spiro atoms. The van der Waals surface area contributed by atoms with Crippen molar-refractivity contribution in [2.75, 3.05) is 4.72 Å². The van der Waals surface area contributed by atoms with Gasteiger partial charge in [-0.15, -0.1) is 0 Å². The first kappa shape index (κ1) is 28.5. The maximum atomic E-state index is 13.4. The molecule has 9 heteroatoms. The van der Waals surface area contributed by atoms with Crippen LogP contribution in [-0.2, 0) is 32.6 Å². The summed E-state index contributed by atoms with van der Waals surface area (Å²) in [5.41, 5.74) is 4.46. The summed E-state index contributed by atoms with van der Waals surface area (Å²) in [5, 5.41) is 3.85. The second-order valence-corrected chi connectivity index (χ2v) is 12.4.